The van der Waals surface area contributed by atoms with Gasteiger partial charge in [-0.3, -0.25) is 4.79 Å². The van der Waals surface area contributed by atoms with Gasteiger partial charge in [0.2, 0.25) is 0 Å². The number of halogens is 1. The Balaban J connectivity index is 4.37. The molecule has 2 unspecified atom stereocenters. The second-order valence-corrected chi connectivity index (χ2v) is 4.07. The van der Waals surface area contributed by atoms with Crippen molar-refractivity contribution in [1.29, 1.82) is 0 Å². The van der Waals surface area contributed by atoms with Crippen molar-refractivity contribution >= 4 is 23.9 Å². The summed E-state index contributed by atoms with van der Waals surface area (Å²) in [6.07, 6.45) is 1.16. The normalized spacial score (nSPS) is 14.9. The van der Waals surface area contributed by atoms with Gasteiger partial charge >= 0.3 is 5.97 Å². The average Bonchev–Trinajstić information content (AvgIpc) is 2.13. The smallest absolute Gasteiger partial charge is 0.310 e. The predicted molar refractivity (Wildman–Crippen MR) is 55.3 cm³/mol. The summed E-state index contributed by atoms with van der Waals surface area (Å²) in [5.74, 6) is -0.590. The molecule has 0 amide bonds. The molecule has 0 aromatic rings. The van der Waals surface area contributed by atoms with Gasteiger partial charge in [0.15, 0.2) is 0 Å². The van der Waals surface area contributed by atoms with E-state index in [1.54, 1.807) is 6.92 Å². The average molecular weight is 221 g/mol. The van der Waals surface area contributed by atoms with E-state index in [1.807, 2.05) is 13.8 Å². The van der Waals surface area contributed by atoms with E-state index >= 15 is 0 Å². The zero-order chi connectivity index (χ0) is 11.1. The molecule has 0 rings (SSSR count). The molecule has 2 atom stereocenters. The van der Waals surface area contributed by atoms with Gasteiger partial charge < -0.3 is 9.53 Å². The molecule has 82 valence electrons. The van der Waals surface area contributed by atoms with Gasteiger partial charge in [0.25, 0.3) is 0 Å². The van der Waals surface area contributed by atoms with E-state index in [1.165, 1.54) is 0 Å². The maximum Gasteiger partial charge on any atom is 0.310 e. The molecular formula is C10H17ClO3. The van der Waals surface area contributed by atoms with Crippen molar-refractivity contribution in [1.82, 2.24) is 0 Å². The van der Waals surface area contributed by atoms with Crippen LogP contribution in [0.15, 0.2) is 0 Å². The van der Waals surface area contributed by atoms with Crippen LogP contribution in [0.4, 0.5) is 0 Å². The van der Waals surface area contributed by atoms with E-state index in [0.29, 0.717) is 25.2 Å². The highest BCUT2D eigenvalue weighted by atomic mass is 35.5. The summed E-state index contributed by atoms with van der Waals surface area (Å²) in [7, 11) is 0. The summed E-state index contributed by atoms with van der Waals surface area (Å²) in [5.41, 5.74) is 0. The number of hydrogen-bond donors (Lipinski definition) is 0. The molecule has 0 bridgehead atoms. The first-order valence-corrected chi connectivity index (χ1v) is 5.22. The highest BCUT2D eigenvalue weighted by Gasteiger charge is 2.28. The summed E-state index contributed by atoms with van der Waals surface area (Å²) in [4.78, 5) is 21.9. The van der Waals surface area contributed by atoms with E-state index in [9.17, 15) is 9.59 Å². The first-order valence-electron chi connectivity index (χ1n) is 4.78. The third-order valence-electron chi connectivity index (χ3n) is 1.83. The quantitative estimate of drug-likeness (QED) is 0.391. The molecule has 0 aromatic heterocycles. The lowest BCUT2D eigenvalue weighted by Crippen LogP contribution is -2.28. The first kappa shape index (κ1) is 13.4. The Labute approximate surface area is 89.8 Å². The molecule has 0 saturated carbocycles. The van der Waals surface area contributed by atoms with E-state index in [2.05, 4.69) is 0 Å². The van der Waals surface area contributed by atoms with Gasteiger partial charge in [-0.25, -0.2) is 0 Å². The van der Waals surface area contributed by atoms with Crippen molar-refractivity contribution < 1.29 is 14.3 Å². The molecule has 3 nitrogen and oxygen atoms in total. The zero-order valence-electron chi connectivity index (χ0n) is 8.83. The van der Waals surface area contributed by atoms with Crippen LogP contribution < -0.4 is 0 Å². The maximum absolute atomic E-state index is 11.4. The minimum atomic E-state index is -0.781. The number of aldehydes is 1. The van der Waals surface area contributed by atoms with Gasteiger partial charge in [0.1, 0.15) is 11.7 Å². The van der Waals surface area contributed by atoms with E-state index in [4.69, 9.17) is 16.3 Å². The van der Waals surface area contributed by atoms with Crippen LogP contribution in [0, 0.1) is 11.8 Å². The first-order chi connectivity index (χ1) is 6.52. The lowest BCUT2D eigenvalue weighted by Gasteiger charge is -2.18. The molecule has 0 radical (unpaired) electrons. The highest BCUT2D eigenvalue weighted by Crippen LogP contribution is 2.20. The monoisotopic (exact) mass is 220 g/mol. The summed E-state index contributed by atoms with van der Waals surface area (Å²) in [6.45, 7) is 5.99. The number of carbonyl (C=O) groups is 2. The summed E-state index contributed by atoms with van der Waals surface area (Å²) >= 11 is 5.74. The number of hydrogen-bond acceptors (Lipinski definition) is 3. The van der Waals surface area contributed by atoms with Gasteiger partial charge in [0, 0.05) is 0 Å². The fraction of sp³-hybridized carbons (Fsp3) is 0.800. The Morgan fingerprint density at radius 1 is 1.50 bits per heavy atom. The molecular weight excluding hydrogens is 204 g/mol. The van der Waals surface area contributed by atoms with Crippen molar-refractivity contribution in [3.8, 4) is 0 Å². The summed E-state index contributed by atoms with van der Waals surface area (Å²) in [6, 6.07) is 0. The number of ether oxygens (including phenoxy) is 1. The maximum atomic E-state index is 11.4. The molecule has 0 heterocycles. The zero-order valence-corrected chi connectivity index (χ0v) is 9.58. The Morgan fingerprint density at radius 2 is 2.07 bits per heavy atom. The van der Waals surface area contributed by atoms with Crippen molar-refractivity contribution in [2.75, 3.05) is 6.61 Å². The molecule has 14 heavy (non-hydrogen) atoms. The molecule has 0 aliphatic carbocycles. The molecule has 0 fully saturated rings. The Bertz CT molecular complexity index is 192. The van der Waals surface area contributed by atoms with Crippen LogP contribution in [0.2, 0.25) is 0 Å². The number of rotatable bonds is 6. The van der Waals surface area contributed by atoms with Crippen LogP contribution in [-0.2, 0) is 14.3 Å². The second-order valence-electron chi connectivity index (χ2n) is 3.57. The number of esters is 1. The fourth-order valence-electron chi connectivity index (χ4n) is 1.21. The van der Waals surface area contributed by atoms with E-state index in [0.717, 1.165) is 0 Å². The minimum absolute atomic E-state index is 0.311. The Kier molecular flexibility index (Phi) is 6.54. The topological polar surface area (TPSA) is 43.4 Å². The van der Waals surface area contributed by atoms with Crippen molar-refractivity contribution in [3.05, 3.63) is 0 Å². The third kappa shape index (κ3) is 4.61. The van der Waals surface area contributed by atoms with Crippen LogP contribution in [0.25, 0.3) is 0 Å². The number of carbonyl (C=O) groups excluding carboxylic acids is 2. The predicted octanol–water partition coefficient (Wildman–Crippen LogP) is 2.02. The van der Waals surface area contributed by atoms with E-state index in [-0.39, 0.29) is 5.97 Å². The number of alkyl halides is 1. The SMILES string of the molecule is CCOC(=O)C(CC(C)C)C(Cl)C=O. The minimum Gasteiger partial charge on any atom is -0.466 e. The molecule has 0 aliphatic rings. The molecule has 0 aliphatic heterocycles. The lowest BCUT2D eigenvalue weighted by atomic mass is 9.94. The van der Waals surface area contributed by atoms with Gasteiger partial charge in [-0.1, -0.05) is 13.8 Å². The molecule has 4 heteroatoms. The lowest BCUT2D eigenvalue weighted by molar-refractivity contribution is -0.149. The fourth-order valence-corrected chi connectivity index (χ4v) is 1.41. The van der Waals surface area contributed by atoms with Crippen LogP contribution in [0.3, 0.4) is 0 Å². The van der Waals surface area contributed by atoms with Crippen molar-refractivity contribution in [3.63, 3.8) is 0 Å². The molecule has 0 spiro atoms. The molecule has 0 saturated heterocycles. The largest absolute Gasteiger partial charge is 0.466 e. The van der Waals surface area contributed by atoms with Gasteiger partial charge in [0.05, 0.1) is 12.5 Å². The van der Waals surface area contributed by atoms with Crippen LogP contribution >= 0.6 is 11.6 Å². The van der Waals surface area contributed by atoms with Gasteiger partial charge in [-0.05, 0) is 19.3 Å². The van der Waals surface area contributed by atoms with Crippen molar-refractivity contribution in [2.24, 2.45) is 11.8 Å². The van der Waals surface area contributed by atoms with Gasteiger partial charge in [-0.2, -0.15) is 0 Å². The Hall–Kier alpha value is -0.570. The molecule has 0 aromatic carbocycles. The van der Waals surface area contributed by atoms with E-state index < -0.39 is 11.3 Å². The third-order valence-corrected chi connectivity index (χ3v) is 2.24. The van der Waals surface area contributed by atoms with Gasteiger partial charge in [-0.15, -0.1) is 11.6 Å². The summed E-state index contributed by atoms with van der Waals surface area (Å²) in [5, 5.41) is -0.781. The highest BCUT2D eigenvalue weighted by molar-refractivity contribution is 6.28. The van der Waals surface area contributed by atoms with Crippen LogP contribution in [0.5, 0.6) is 0 Å². The Morgan fingerprint density at radius 3 is 2.43 bits per heavy atom. The standard InChI is InChI=1S/C10H17ClO3/c1-4-14-10(13)8(5-7(2)3)9(11)6-12/h6-9H,4-5H2,1-3H3. The van der Waals surface area contributed by atoms with Crippen LogP contribution in [0.1, 0.15) is 27.2 Å². The van der Waals surface area contributed by atoms with Crippen LogP contribution in [-0.4, -0.2) is 24.2 Å². The second kappa shape index (κ2) is 6.82. The molecule has 0 N–H and O–H groups in total. The van der Waals surface area contributed by atoms with Crippen molar-refractivity contribution in [2.45, 2.75) is 32.6 Å². The summed E-state index contributed by atoms with van der Waals surface area (Å²) < 4.78 is 4.85.